The van der Waals surface area contributed by atoms with E-state index in [0.717, 1.165) is 23.6 Å². The van der Waals surface area contributed by atoms with Crippen LogP contribution < -0.4 is 5.73 Å². The Hall–Kier alpha value is -0.620. The Morgan fingerprint density at radius 1 is 1.35 bits per heavy atom. The number of nitrogen functional groups attached to an aromatic ring is 1. The molecule has 1 aliphatic rings. The van der Waals surface area contributed by atoms with Crippen LogP contribution in [0.25, 0.3) is 0 Å². The molecule has 1 saturated carbocycles. The van der Waals surface area contributed by atoms with E-state index in [0.29, 0.717) is 5.13 Å². The summed E-state index contributed by atoms with van der Waals surface area (Å²) in [5.41, 5.74) is 7.05. The zero-order valence-corrected chi connectivity index (χ0v) is 14.2. The smallest absolute Gasteiger partial charge is 0.180 e. The number of rotatable bonds is 5. The van der Waals surface area contributed by atoms with E-state index in [2.05, 4.69) is 50.1 Å². The number of halogens is 2. The molecule has 1 aliphatic carbocycles. The van der Waals surface area contributed by atoms with Gasteiger partial charge in [0, 0.05) is 34.7 Å². The highest BCUT2D eigenvalue weighted by Crippen LogP contribution is 2.31. The van der Waals surface area contributed by atoms with Gasteiger partial charge in [-0.3, -0.25) is 4.90 Å². The van der Waals surface area contributed by atoms with Crippen LogP contribution in [0.1, 0.15) is 23.3 Å². The fourth-order valence-electron chi connectivity index (χ4n) is 2.22. The quantitative estimate of drug-likeness (QED) is 0.857. The van der Waals surface area contributed by atoms with Gasteiger partial charge < -0.3 is 5.73 Å². The summed E-state index contributed by atoms with van der Waals surface area (Å²) in [6, 6.07) is 9.25. The van der Waals surface area contributed by atoms with Gasteiger partial charge in [0.15, 0.2) is 5.13 Å². The molecule has 2 N–H and O–H groups in total. The number of aromatic nitrogens is 1. The van der Waals surface area contributed by atoms with Crippen LogP contribution in [0.5, 0.6) is 0 Å². The van der Waals surface area contributed by atoms with Crippen LogP contribution in [0.15, 0.2) is 34.9 Å². The van der Waals surface area contributed by atoms with Crippen molar-refractivity contribution in [2.45, 2.75) is 32.0 Å². The highest BCUT2D eigenvalue weighted by molar-refractivity contribution is 9.10. The first-order valence-electron chi connectivity index (χ1n) is 6.39. The van der Waals surface area contributed by atoms with Crippen LogP contribution in [-0.4, -0.2) is 15.9 Å². The van der Waals surface area contributed by atoms with Crippen molar-refractivity contribution in [2.24, 2.45) is 0 Å². The van der Waals surface area contributed by atoms with Gasteiger partial charge in [-0.05, 0) is 30.5 Å². The zero-order valence-electron chi connectivity index (χ0n) is 11.0. The summed E-state index contributed by atoms with van der Waals surface area (Å²) in [6.07, 6.45) is 4.51. The lowest BCUT2D eigenvalue weighted by atomic mass is 10.2. The molecular weight excluding hydrogens is 358 g/mol. The number of nitrogens with zero attached hydrogens (tertiary/aromatic N) is 2. The Kier molecular flexibility index (Phi) is 5.43. The second kappa shape index (κ2) is 6.89. The van der Waals surface area contributed by atoms with Crippen molar-refractivity contribution < 1.29 is 0 Å². The summed E-state index contributed by atoms with van der Waals surface area (Å²) in [5.74, 6) is 0. The van der Waals surface area contributed by atoms with Crippen LogP contribution in [0, 0.1) is 0 Å². The third kappa shape index (κ3) is 4.19. The molecule has 0 aliphatic heterocycles. The molecule has 1 heterocycles. The first-order chi connectivity index (χ1) is 9.20. The van der Waals surface area contributed by atoms with Gasteiger partial charge in [0.2, 0.25) is 0 Å². The van der Waals surface area contributed by atoms with E-state index >= 15 is 0 Å². The largest absolute Gasteiger partial charge is 0.375 e. The topological polar surface area (TPSA) is 42.1 Å². The minimum absolute atomic E-state index is 0. The minimum Gasteiger partial charge on any atom is -0.375 e. The minimum atomic E-state index is 0. The lowest BCUT2D eigenvalue weighted by molar-refractivity contribution is 0.248. The molecular formula is C14H17BrClN3S. The number of nitrogens with two attached hydrogens (primary N) is 1. The summed E-state index contributed by atoms with van der Waals surface area (Å²) < 4.78 is 1.14. The fourth-order valence-corrected chi connectivity index (χ4v) is 3.38. The maximum Gasteiger partial charge on any atom is 0.180 e. The van der Waals surface area contributed by atoms with Crippen molar-refractivity contribution in [3.63, 3.8) is 0 Å². The average molecular weight is 375 g/mol. The molecule has 0 bridgehead atoms. The van der Waals surface area contributed by atoms with Crippen molar-refractivity contribution in [3.8, 4) is 0 Å². The first-order valence-corrected chi connectivity index (χ1v) is 8.00. The van der Waals surface area contributed by atoms with Gasteiger partial charge >= 0.3 is 0 Å². The second-order valence-electron chi connectivity index (χ2n) is 4.93. The van der Waals surface area contributed by atoms with E-state index in [9.17, 15) is 0 Å². The summed E-state index contributed by atoms with van der Waals surface area (Å²) in [7, 11) is 0. The SMILES string of the molecule is Cl.Nc1ncc(CN(Cc2cccc(Br)c2)C2CC2)s1. The van der Waals surface area contributed by atoms with Crippen molar-refractivity contribution in [1.82, 2.24) is 9.88 Å². The number of hydrogen-bond acceptors (Lipinski definition) is 4. The van der Waals surface area contributed by atoms with Crippen molar-refractivity contribution in [3.05, 3.63) is 45.4 Å². The molecule has 3 nitrogen and oxygen atoms in total. The molecule has 1 fully saturated rings. The van der Waals surface area contributed by atoms with Gasteiger partial charge in [-0.1, -0.05) is 28.1 Å². The van der Waals surface area contributed by atoms with Crippen LogP contribution in [0.2, 0.25) is 0 Å². The van der Waals surface area contributed by atoms with Gasteiger partial charge in [0.25, 0.3) is 0 Å². The van der Waals surface area contributed by atoms with Crippen LogP contribution in [0.3, 0.4) is 0 Å². The summed E-state index contributed by atoms with van der Waals surface area (Å²) in [4.78, 5) is 7.90. The average Bonchev–Trinajstić information content (AvgIpc) is 3.13. The standard InChI is InChI=1S/C14H16BrN3S.ClH/c15-11-3-1-2-10(6-11)8-18(12-4-5-12)9-13-7-17-14(16)19-13;/h1-3,6-7,12H,4-5,8-9H2,(H2,16,17);1H. The normalized spacial score (nSPS) is 14.3. The fraction of sp³-hybridized carbons (Fsp3) is 0.357. The maximum absolute atomic E-state index is 5.70. The van der Waals surface area contributed by atoms with E-state index in [4.69, 9.17) is 5.73 Å². The molecule has 0 atom stereocenters. The monoisotopic (exact) mass is 373 g/mol. The molecule has 0 amide bonds. The molecule has 0 spiro atoms. The lowest BCUT2D eigenvalue weighted by Gasteiger charge is -2.21. The molecule has 108 valence electrons. The van der Waals surface area contributed by atoms with E-state index in [1.54, 1.807) is 11.3 Å². The summed E-state index contributed by atoms with van der Waals surface area (Å²) >= 11 is 5.12. The number of anilines is 1. The number of thiazole rings is 1. The van der Waals surface area contributed by atoms with Crippen molar-refractivity contribution in [2.75, 3.05) is 5.73 Å². The van der Waals surface area contributed by atoms with Gasteiger partial charge in [-0.15, -0.1) is 23.7 Å². The molecule has 20 heavy (non-hydrogen) atoms. The number of hydrogen-bond donors (Lipinski definition) is 1. The highest BCUT2D eigenvalue weighted by atomic mass is 79.9. The molecule has 0 radical (unpaired) electrons. The Labute approximate surface area is 137 Å². The predicted molar refractivity (Wildman–Crippen MR) is 90.2 cm³/mol. The van der Waals surface area contributed by atoms with Gasteiger partial charge in [0.05, 0.1) is 0 Å². The Bertz CT molecular complexity index is 571. The van der Waals surface area contributed by atoms with Gasteiger partial charge in [-0.25, -0.2) is 4.98 Å². The Morgan fingerprint density at radius 2 is 2.15 bits per heavy atom. The third-order valence-corrected chi connectivity index (χ3v) is 4.57. The van der Waals surface area contributed by atoms with Crippen LogP contribution >= 0.6 is 39.7 Å². The van der Waals surface area contributed by atoms with E-state index in [-0.39, 0.29) is 12.4 Å². The second-order valence-corrected chi connectivity index (χ2v) is 6.99. The maximum atomic E-state index is 5.70. The third-order valence-electron chi connectivity index (χ3n) is 3.27. The van der Waals surface area contributed by atoms with Gasteiger partial charge in [-0.2, -0.15) is 0 Å². The summed E-state index contributed by atoms with van der Waals surface area (Å²) in [5, 5.41) is 0.660. The number of benzene rings is 1. The lowest BCUT2D eigenvalue weighted by Crippen LogP contribution is -2.24. The Balaban J connectivity index is 0.00000147. The molecule has 3 rings (SSSR count). The predicted octanol–water partition coefficient (Wildman–Crippen LogP) is 4.07. The first kappa shape index (κ1) is 15.8. The molecule has 0 unspecified atom stereocenters. The zero-order chi connectivity index (χ0) is 13.2. The summed E-state index contributed by atoms with van der Waals surface area (Å²) in [6.45, 7) is 1.94. The highest BCUT2D eigenvalue weighted by Gasteiger charge is 2.29. The Morgan fingerprint density at radius 3 is 2.75 bits per heavy atom. The van der Waals surface area contributed by atoms with Crippen molar-refractivity contribution in [1.29, 1.82) is 0 Å². The van der Waals surface area contributed by atoms with Gasteiger partial charge in [0.1, 0.15) is 0 Å². The molecule has 1 aromatic heterocycles. The molecule has 1 aromatic carbocycles. The van der Waals surface area contributed by atoms with E-state index in [1.807, 2.05) is 6.20 Å². The van der Waals surface area contributed by atoms with Crippen molar-refractivity contribution >= 4 is 44.8 Å². The van der Waals surface area contributed by atoms with E-state index < -0.39 is 0 Å². The molecule has 2 aromatic rings. The van der Waals surface area contributed by atoms with Crippen LogP contribution in [0.4, 0.5) is 5.13 Å². The van der Waals surface area contributed by atoms with E-state index in [1.165, 1.54) is 23.3 Å². The molecule has 0 saturated heterocycles. The molecule has 6 heteroatoms. The van der Waals surface area contributed by atoms with Crippen LogP contribution in [-0.2, 0) is 13.1 Å².